The quantitative estimate of drug-likeness (QED) is 0.908. The second kappa shape index (κ2) is 5.81. The van der Waals surface area contributed by atoms with Crippen LogP contribution in [0.15, 0.2) is 36.5 Å². The minimum absolute atomic E-state index is 0.0572. The van der Waals surface area contributed by atoms with Gasteiger partial charge in [0.15, 0.2) is 11.6 Å². The van der Waals surface area contributed by atoms with Crippen molar-refractivity contribution in [3.8, 4) is 5.75 Å². The van der Waals surface area contributed by atoms with E-state index < -0.39 is 17.8 Å². The summed E-state index contributed by atoms with van der Waals surface area (Å²) in [6.45, 7) is 1.49. The van der Waals surface area contributed by atoms with Crippen LogP contribution in [0.2, 0.25) is 5.02 Å². The van der Waals surface area contributed by atoms with Gasteiger partial charge in [-0.2, -0.15) is 13.2 Å². The molecule has 1 unspecified atom stereocenters. The van der Waals surface area contributed by atoms with Crippen molar-refractivity contribution >= 4 is 17.4 Å². The highest BCUT2D eigenvalue weighted by molar-refractivity contribution is 6.30. The summed E-state index contributed by atoms with van der Waals surface area (Å²) in [5.74, 6) is 0.332. The molecule has 1 aromatic heterocycles. The van der Waals surface area contributed by atoms with Gasteiger partial charge in [0.2, 0.25) is 0 Å². The van der Waals surface area contributed by atoms with Gasteiger partial charge in [-0.25, -0.2) is 4.98 Å². The second-order valence-electron chi connectivity index (χ2n) is 4.38. The molecule has 1 aromatic carbocycles. The lowest BCUT2D eigenvalue weighted by Crippen LogP contribution is -2.14. The monoisotopic (exact) mass is 316 g/mol. The molecule has 1 atom stereocenters. The topological polar surface area (TPSA) is 48.1 Å². The minimum Gasteiger partial charge on any atom is -0.482 e. The van der Waals surface area contributed by atoms with Gasteiger partial charge in [-0.05, 0) is 37.3 Å². The Kier molecular flexibility index (Phi) is 4.27. The van der Waals surface area contributed by atoms with Crippen LogP contribution in [-0.2, 0) is 6.18 Å². The highest BCUT2D eigenvalue weighted by Gasteiger charge is 2.35. The zero-order valence-electron chi connectivity index (χ0n) is 11.0. The minimum atomic E-state index is -4.49. The van der Waals surface area contributed by atoms with Gasteiger partial charge in [0.1, 0.15) is 6.10 Å². The van der Waals surface area contributed by atoms with Crippen LogP contribution in [0, 0.1) is 0 Å². The van der Waals surface area contributed by atoms with Crippen molar-refractivity contribution in [1.82, 2.24) is 4.98 Å². The molecule has 7 heteroatoms. The number of anilines is 1. The summed E-state index contributed by atoms with van der Waals surface area (Å²) in [5, 5.41) is 0.201. The Balaban J connectivity index is 2.37. The molecule has 0 aliphatic rings. The lowest BCUT2D eigenvalue weighted by atomic mass is 10.0. The third-order valence-corrected chi connectivity index (χ3v) is 3.10. The molecule has 0 aliphatic heterocycles. The largest absolute Gasteiger partial charge is 0.482 e. The number of nitrogens with zero attached hydrogens (tertiary/aromatic N) is 1. The molecule has 0 radical (unpaired) electrons. The standard InChI is InChI=1S/C14H12ClF3N2O/c1-8(21-12-3-2-6-20-13(12)19)10-7-9(15)4-5-11(10)14(16,17)18/h2-8H,1H3,(H2,19,20). The Hall–Kier alpha value is -1.95. The lowest BCUT2D eigenvalue weighted by Gasteiger charge is -2.20. The molecule has 0 saturated carbocycles. The zero-order chi connectivity index (χ0) is 15.6. The molecule has 0 amide bonds. The van der Waals surface area contributed by atoms with Gasteiger partial charge in [0, 0.05) is 16.8 Å². The maximum absolute atomic E-state index is 13.0. The first-order valence-electron chi connectivity index (χ1n) is 6.03. The van der Waals surface area contributed by atoms with Gasteiger partial charge in [-0.15, -0.1) is 0 Å². The van der Waals surface area contributed by atoms with Crippen LogP contribution in [0.25, 0.3) is 0 Å². The number of ether oxygens (including phenoxy) is 1. The number of aromatic nitrogens is 1. The van der Waals surface area contributed by atoms with E-state index in [0.29, 0.717) is 0 Å². The zero-order valence-corrected chi connectivity index (χ0v) is 11.7. The SMILES string of the molecule is CC(Oc1cccnc1N)c1cc(Cl)ccc1C(F)(F)F. The Bertz CT molecular complexity index is 646. The van der Waals surface area contributed by atoms with Gasteiger partial charge >= 0.3 is 6.18 Å². The Labute approximate surface area is 124 Å². The van der Waals surface area contributed by atoms with E-state index in [4.69, 9.17) is 22.1 Å². The van der Waals surface area contributed by atoms with Crippen LogP contribution in [0.1, 0.15) is 24.2 Å². The van der Waals surface area contributed by atoms with Gasteiger partial charge in [0.05, 0.1) is 5.56 Å². The number of hydrogen-bond donors (Lipinski definition) is 1. The average Bonchev–Trinajstić information content (AvgIpc) is 2.40. The van der Waals surface area contributed by atoms with Crippen LogP contribution in [0.5, 0.6) is 5.75 Å². The van der Waals surface area contributed by atoms with E-state index in [0.717, 1.165) is 6.07 Å². The summed E-state index contributed by atoms with van der Waals surface area (Å²) in [5.41, 5.74) is 4.77. The molecular formula is C14H12ClF3N2O. The molecule has 2 rings (SSSR count). The molecule has 0 bridgehead atoms. The Morgan fingerprint density at radius 3 is 2.62 bits per heavy atom. The maximum atomic E-state index is 13.0. The van der Waals surface area contributed by atoms with Crippen molar-refractivity contribution in [3.63, 3.8) is 0 Å². The normalized spacial score (nSPS) is 13.0. The van der Waals surface area contributed by atoms with Crippen molar-refractivity contribution in [1.29, 1.82) is 0 Å². The van der Waals surface area contributed by atoms with E-state index in [-0.39, 0.29) is 22.2 Å². The van der Waals surface area contributed by atoms with Crippen LogP contribution < -0.4 is 10.5 Å². The predicted octanol–water partition coefficient (Wildman–Crippen LogP) is 4.48. The summed E-state index contributed by atoms with van der Waals surface area (Å²) in [4.78, 5) is 3.82. The maximum Gasteiger partial charge on any atom is 0.416 e. The van der Waals surface area contributed by atoms with Crippen LogP contribution in [0.4, 0.5) is 19.0 Å². The predicted molar refractivity (Wildman–Crippen MR) is 74.1 cm³/mol. The lowest BCUT2D eigenvalue weighted by molar-refractivity contribution is -0.138. The van der Waals surface area contributed by atoms with Crippen molar-refractivity contribution in [2.75, 3.05) is 5.73 Å². The summed E-state index contributed by atoms with van der Waals surface area (Å²) >= 11 is 5.79. The molecule has 21 heavy (non-hydrogen) atoms. The fraction of sp³-hybridized carbons (Fsp3) is 0.214. The molecule has 3 nitrogen and oxygen atoms in total. The van der Waals surface area contributed by atoms with E-state index >= 15 is 0 Å². The van der Waals surface area contributed by atoms with E-state index in [9.17, 15) is 13.2 Å². The first-order valence-corrected chi connectivity index (χ1v) is 6.40. The van der Waals surface area contributed by atoms with Crippen molar-refractivity contribution in [2.45, 2.75) is 19.2 Å². The van der Waals surface area contributed by atoms with Gasteiger partial charge in [0.25, 0.3) is 0 Å². The molecule has 0 aliphatic carbocycles. The third kappa shape index (κ3) is 3.58. The summed E-state index contributed by atoms with van der Waals surface area (Å²) in [6.07, 6.45) is -3.90. The molecule has 0 spiro atoms. The van der Waals surface area contributed by atoms with Gasteiger partial charge < -0.3 is 10.5 Å². The van der Waals surface area contributed by atoms with Gasteiger partial charge in [-0.3, -0.25) is 0 Å². The molecule has 1 heterocycles. The number of halogens is 4. The smallest absolute Gasteiger partial charge is 0.416 e. The van der Waals surface area contributed by atoms with Crippen molar-refractivity contribution in [3.05, 3.63) is 52.7 Å². The molecule has 0 fully saturated rings. The molecule has 2 aromatic rings. The molecule has 112 valence electrons. The highest BCUT2D eigenvalue weighted by atomic mass is 35.5. The summed E-state index contributed by atoms with van der Waals surface area (Å²) in [7, 11) is 0. The fourth-order valence-corrected chi connectivity index (χ4v) is 2.06. The first kappa shape index (κ1) is 15.4. The van der Waals surface area contributed by atoms with Crippen LogP contribution >= 0.6 is 11.6 Å². The third-order valence-electron chi connectivity index (χ3n) is 2.86. The second-order valence-corrected chi connectivity index (χ2v) is 4.81. The Morgan fingerprint density at radius 2 is 2.00 bits per heavy atom. The Morgan fingerprint density at radius 1 is 1.29 bits per heavy atom. The number of pyridine rings is 1. The van der Waals surface area contributed by atoms with E-state index in [1.807, 2.05) is 0 Å². The van der Waals surface area contributed by atoms with Crippen LogP contribution in [-0.4, -0.2) is 4.98 Å². The van der Waals surface area contributed by atoms with E-state index in [1.54, 1.807) is 6.07 Å². The molecule has 0 saturated heterocycles. The van der Waals surface area contributed by atoms with Crippen LogP contribution in [0.3, 0.4) is 0 Å². The average molecular weight is 317 g/mol. The molecular weight excluding hydrogens is 305 g/mol. The summed E-state index contributed by atoms with van der Waals surface area (Å²) in [6, 6.07) is 6.49. The summed E-state index contributed by atoms with van der Waals surface area (Å²) < 4.78 is 44.5. The molecule has 2 N–H and O–H groups in total. The first-order chi connectivity index (χ1) is 9.79. The van der Waals surface area contributed by atoms with E-state index in [2.05, 4.69) is 4.98 Å². The van der Waals surface area contributed by atoms with Gasteiger partial charge in [-0.1, -0.05) is 11.6 Å². The van der Waals surface area contributed by atoms with Crippen molar-refractivity contribution < 1.29 is 17.9 Å². The number of benzene rings is 1. The number of nitrogens with two attached hydrogens (primary N) is 1. The number of rotatable bonds is 3. The number of hydrogen-bond acceptors (Lipinski definition) is 3. The fourth-order valence-electron chi connectivity index (χ4n) is 1.88. The number of alkyl halides is 3. The van der Waals surface area contributed by atoms with E-state index in [1.165, 1.54) is 31.3 Å². The van der Waals surface area contributed by atoms with Crippen molar-refractivity contribution in [2.24, 2.45) is 0 Å². The number of nitrogen functional groups attached to an aromatic ring is 1. The highest BCUT2D eigenvalue weighted by Crippen LogP contribution is 2.37.